The van der Waals surface area contributed by atoms with E-state index in [2.05, 4.69) is 52.4 Å². The molecule has 0 aromatic heterocycles. The van der Waals surface area contributed by atoms with Gasteiger partial charge in [0, 0.05) is 32.2 Å². The maximum atomic E-state index is 2.74. The van der Waals surface area contributed by atoms with Crippen LogP contribution in [0.1, 0.15) is 37.7 Å². The molecule has 0 N–H and O–H groups in total. The summed E-state index contributed by atoms with van der Waals surface area (Å²) in [5.74, 6) is 0. The molecule has 1 saturated heterocycles. The Morgan fingerprint density at radius 1 is 0.905 bits per heavy atom. The summed E-state index contributed by atoms with van der Waals surface area (Å²) in [5, 5.41) is 0. The highest BCUT2D eigenvalue weighted by molar-refractivity contribution is 5.17. The summed E-state index contributed by atoms with van der Waals surface area (Å²) in [7, 11) is 0. The molecule has 21 heavy (non-hydrogen) atoms. The molecule has 0 radical (unpaired) electrons. The second kappa shape index (κ2) is 7.65. The van der Waals surface area contributed by atoms with Crippen molar-refractivity contribution in [1.29, 1.82) is 0 Å². The molecular formula is C19H28N2. The minimum atomic E-state index is 0.884. The van der Waals surface area contributed by atoms with Gasteiger partial charge in [-0.3, -0.25) is 4.90 Å². The lowest BCUT2D eigenvalue weighted by Gasteiger charge is -2.40. The molecule has 0 spiro atoms. The SMILES string of the molecule is C(=CN1CCN(C2CCCCC2)CC1)Cc1ccccc1. The molecule has 1 aromatic carbocycles. The summed E-state index contributed by atoms with van der Waals surface area (Å²) in [4.78, 5) is 5.23. The van der Waals surface area contributed by atoms with Gasteiger partial charge in [0.2, 0.25) is 0 Å². The van der Waals surface area contributed by atoms with Crippen LogP contribution in [0.25, 0.3) is 0 Å². The van der Waals surface area contributed by atoms with E-state index < -0.39 is 0 Å². The highest BCUT2D eigenvalue weighted by Crippen LogP contribution is 2.23. The van der Waals surface area contributed by atoms with E-state index >= 15 is 0 Å². The number of nitrogens with zero attached hydrogens (tertiary/aromatic N) is 2. The molecule has 2 aliphatic rings. The van der Waals surface area contributed by atoms with E-state index in [1.807, 2.05) is 0 Å². The van der Waals surface area contributed by atoms with Crippen molar-refractivity contribution in [3.63, 3.8) is 0 Å². The van der Waals surface area contributed by atoms with Crippen LogP contribution in [0.3, 0.4) is 0 Å². The molecule has 3 rings (SSSR count). The van der Waals surface area contributed by atoms with Gasteiger partial charge >= 0.3 is 0 Å². The van der Waals surface area contributed by atoms with E-state index in [0.717, 1.165) is 12.5 Å². The predicted octanol–water partition coefficient (Wildman–Crippen LogP) is 3.69. The smallest absolute Gasteiger partial charge is 0.0300 e. The molecule has 1 heterocycles. The van der Waals surface area contributed by atoms with Crippen LogP contribution in [0.4, 0.5) is 0 Å². The first-order valence-corrected chi connectivity index (χ1v) is 8.60. The third kappa shape index (κ3) is 4.34. The average Bonchev–Trinajstić information content (AvgIpc) is 2.57. The van der Waals surface area contributed by atoms with E-state index in [-0.39, 0.29) is 0 Å². The van der Waals surface area contributed by atoms with Gasteiger partial charge in [-0.15, -0.1) is 0 Å². The molecular weight excluding hydrogens is 256 g/mol. The summed E-state index contributed by atoms with van der Waals surface area (Å²) in [6.45, 7) is 4.89. The molecule has 2 nitrogen and oxygen atoms in total. The second-order valence-corrected chi connectivity index (χ2v) is 6.44. The Balaban J connectivity index is 1.41. The van der Waals surface area contributed by atoms with Gasteiger partial charge < -0.3 is 4.90 Å². The number of piperazine rings is 1. The summed E-state index contributed by atoms with van der Waals surface area (Å²) in [6, 6.07) is 11.6. The third-order valence-electron chi connectivity index (χ3n) is 4.95. The minimum absolute atomic E-state index is 0.884. The second-order valence-electron chi connectivity index (χ2n) is 6.44. The van der Waals surface area contributed by atoms with Crippen LogP contribution in [0.5, 0.6) is 0 Å². The normalized spacial score (nSPS) is 22.0. The molecule has 0 amide bonds. The molecule has 1 aromatic rings. The number of rotatable bonds is 4. The first-order valence-electron chi connectivity index (χ1n) is 8.60. The Morgan fingerprint density at radius 3 is 2.33 bits per heavy atom. The first kappa shape index (κ1) is 14.6. The predicted molar refractivity (Wildman–Crippen MR) is 89.3 cm³/mol. The van der Waals surface area contributed by atoms with Crippen molar-refractivity contribution in [3.8, 4) is 0 Å². The Hall–Kier alpha value is -1.28. The van der Waals surface area contributed by atoms with Crippen LogP contribution in [0.2, 0.25) is 0 Å². The number of benzene rings is 1. The van der Waals surface area contributed by atoms with Crippen LogP contribution in [0, 0.1) is 0 Å². The zero-order chi connectivity index (χ0) is 14.3. The van der Waals surface area contributed by atoms with Crippen molar-refractivity contribution >= 4 is 0 Å². The maximum Gasteiger partial charge on any atom is 0.0300 e. The summed E-state index contributed by atoms with van der Waals surface area (Å²) in [5.41, 5.74) is 1.40. The fraction of sp³-hybridized carbons (Fsp3) is 0.579. The van der Waals surface area contributed by atoms with Gasteiger partial charge in [0.15, 0.2) is 0 Å². The Bertz CT molecular complexity index is 426. The van der Waals surface area contributed by atoms with Crippen molar-refractivity contribution in [1.82, 2.24) is 9.80 Å². The van der Waals surface area contributed by atoms with E-state index in [9.17, 15) is 0 Å². The Morgan fingerprint density at radius 2 is 1.62 bits per heavy atom. The summed E-state index contributed by atoms with van der Waals surface area (Å²) >= 11 is 0. The first-order chi connectivity index (χ1) is 10.4. The average molecular weight is 284 g/mol. The molecule has 0 atom stereocenters. The Kier molecular flexibility index (Phi) is 5.34. The van der Waals surface area contributed by atoms with Crippen molar-refractivity contribution in [2.24, 2.45) is 0 Å². The van der Waals surface area contributed by atoms with E-state index in [4.69, 9.17) is 0 Å². The highest BCUT2D eigenvalue weighted by Gasteiger charge is 2.23. The van der Waals surface area contributed by atoms with Crippen molar-refractivity contribution in [2.45, 2.75) is 44.6 Å². The van der Waals surface area contributed by atoms with Crippen LogP contribution in [0.15, 0.2) is 42.6 Å². The van der Waals surface area contributed by atoms with E-state index in [0.29, 0.717) is 0 Å². The molecule has 1 aliphatic carbocycles. The van der Waals surface area contributed by atoms with Crippen molar-refractivity contribution in [3.05, 3.63) is 48.2 Å². The molecule has 1 aliphatic heterocycles. The standard InChI is InChI=1S/C19H28N2/c1-3-8-18(9-4-1)10-7-13-20-14-16-21(17-15-20)19-11-5-2-6-12-19/h1,3-4,7-9,13,19H,2,5-6,10-12,14-17H2. The van der Waals surface area contributed by atoms with Gasteiger partial charge in [0.25, 0.3) is 0 Å². The number of hydrogen-bond donors (Lipinski definition) is 0. The van der Waals surface area contributed by atoms with Crippen LogP contribution in [-0.4, -0.2) is 42.0 Å². The van der Waals surface area contributed by atoms with E-state index in [1.54, 1.807) is 0 Å². The maximum absolute atomic E-state index is 2.74. The zero-order valence-corrected chi connectivity index (χ0v) is 13.1. The zero-order valence-electron chi connectivity index (χ0n) is 13.1. The lowest BCUT2D eigenvalue weighted by Crippen LogP contribution is -2.49. The molecule has 2 heteroatoms. The van der Waals surface area contributed by atoms with Crippen LogP contribution in [-0.2, 0) is 6.42 Å². The number of allylic oxidation sites excluding steroid dienone is 1. The summed E-state index contributed by atoms with van der Waals surface area (Å²) in [6.07, 6.45) is 12.9. The largest absolute Gasteiger partial charge is 0.375 e. The van der Waals surface area contributed by atoms with Gasteiger partial charge in [-0.2, -0.15) is 0 Å². The topological polar surface area (TPSA) is 6.48 Å². The molecule has 2 fully saturated rings. The fourth-order valence-electron chi connectivity index (χ4n) is 3.65. The summed E-state index contributed by atoms with van der Waals surface area (Å²) < 4.78 is 0. The van der Waals surface area contributed by atoms with Gasteiger partial charge in [0.1, 0.15) is 0 Å². The van der Waals surface area contributed by atoms with Crippen LogP contribution >= 0.6 is 0 Å². The molecule has 0 bridgehead atoms. The van der Waals surface area contributed by atoms with Gasteiger partial charge in [0.05, 0.1) is 0 Å². The molecule has 1 saturated carbocycles. The monoisotopic (exact) mass is 284 g/mol. The van der Waals surface area contributed by atoms with Crippen molar-refractivity contribution in [2.75, 3.05) is 26.2 Å². The van der Waals surface area contributed by atoms with Gasteiger partial charge in [-0.25, -0.2) is 0 Å². The minimum Gasteiger partial charge on any atom is -0.375 e. The highest BCUT2D eigenvalue weighted by atomic mass is 15.3. The fourth-order valence-corrected chi connectivity index (χ4v) is 3.65. The lowest BCUT2D eigenvalue weighted by atomic mass is 9.94. The number of hydrogen-bond acceptors (Lipinski definition) is 2. The third-order valence-corrected chi connectivity index (χ3v) is 4.95. The quantitative estimate of drug-likeness (QED) is 0.832. The van der Waals surface area contributed by atoms with Gasteiger partial charge in [-0.1, -0.05) is 55.7 Å². The van der Waals surface area contributed by atoms with Gasteiger partial charge in [-0.05, 0) is 31.0 Å². The lowest BCUT2D eigenvalue weighted by molar-refractivity contribution is 0.0995. The van der Waals surface area contributed by atoms with Crippen LogP contribution < -0.4 is 0 Å². The van der Waals surface area contributed by atoms with Crippen molar-refractivity contribution < 1.29 is 0 Å². The molecule has 0 unspecified atom stereocenters. The van der Waals surface area contributed by atoms with E-state index in [1.165, 1.54) is 63.8 Å². The Labute approximate surface area is 129 Å². The molecule has 114 valence electrons.